The minimum absolute atomic E-state index is 0.0491. The second-order valence-corrected chi connectivity index (χ2v) is 5.65. The number of ketones is 1. The van der Waals surface area contributed by atoms with Crippen molar-refractivity contribution in [2.75, 3.05) is 7.11 Å². The molecule has 3 aromatic rings. The molecule has 0 amide bonds. The molecule has 0 aliphatic rings. The molecule has 3 rings (SSSR count). The molecule has 0 saturated carbocycles. The second-order valence-electron chi connectivity index (χ2n) is 4.73. The van der Waals surface area contributed by atoms with Crippen molar-refractivity contribution in [2.45, 2.75) is 6.92 Å². The fourth-order valence-electron chi connectivity index (χ4n) is 2.36. The number of hydrogen-bond acceptors (Lipinski definition) is 3. The number of fused-ring (bicyclic) bond motifs is 1. The Kier molecular flexibility index (Phi) is 3.55. The van der Waals surface area contributed by atoms with E-state index in [1.165, 1.54) is 0 Å². The van der Waals surface area contributed by atoms with E-state index in [-0.39, 0.29) is 5.78 Å². The van der Waals surface area contributed by atoms with Crippen molar-refractivity contribution < 1.29 is 13.9 Å². The van der Waals surface area contributed by atoms with E-state index in [1.54, 1.807) is 31.4 Å². The smallest absolute Gasteiger partial charge is 0.197 e. The minimum Gasteiger partial charge on any atom is -0.497 e. The van der Waals surface area contributed by atoms with Crippen LogP contribution in [0, 0.1) is 6.92 Å². The van der Waals surface area contributed by atoms with E-state index in [4.69, 9.17) is 9.15 Å². The second kappa shape index (κ2) is 5.37. The number of furan rings is 1. The van der Waals surface area contributed by atoms with Crippen LogP contribution in [0.1, 0.15) is 21.7 Å². The number of aryl methyl sites for hydroxylation is 1. The number of benzene rings is 2. The fourth-order valence-corrected chi connectivity index (χ4v) is 2.72. The van der Waals surface area contributed by atoms with Gasteiger partial charge in [0.05, 0.1) is 12.7 Å². The summed E-state index contributed by atoms with van der Waals surface area (Å²) in [5.41, 5.74) is 1.94. The zero-order chi connectivity index (χ0) is 15.0. The third kappa shape index (κ3) is 2.47. The van der Waals surface area contributed by atoms with Gasteiger partial charge in [0.15, 0.2) is 5.78 Å². The summed E-state index contributed by atoms with van der Waals surface area (Å²) in [5, 5.41) is 0.822. The summed E-state index contributed by atoms with van der Waals surface area (Å²) in [7, 11) is 1.60. The lowest BCUT2D eigenvalue weighted by Crippen LogP contribution is -2.02. The summed E-state index contributed by atoms with van der Waals surface area (Å²) in [4.78, 5) is 12.7. The lowest BCUT2D eigenvalue weighted by atomic mass is 10.0. The van der Waals surface area contributed by atoms with Crippen LogP contribution in [0.2, 0.25) is 0 Å². The maximum absolute atomic E-state index is 12.7. The third-order valence-corrected chi connectivity index (χ3v) is 3.90. The van der Waals surface area contributed by atoms with Crippen LogP contribution in [-0.4, -0.2) is 12.9 Å². The Morgan fingerprint density at radius 2 is 1.86 bits per heavy atom. The molecule has 0 atom stereocenters. The molecule has 0 aliphatic heterocycles. The lowest BCUT2D eigenvalue weighted by molar-refractivity contribution is 0.103. The average Bonchev–Trinajstić information content (AvgIpc) is 2.82. The molecule has 0 radical (unpaired) electrons. The van der Waals surface area contributed by atoms with Crippen molar-refractivity contribution in [1.82, 2.24) is 0 Å². The molecular formula is C17H13BrO3. The van der Waals surface area contributed by atoms with Crippen molar-refractivity contribution in [2.24, 2.45) is 0 Å². The van der Waals surface area contributed by atoms with E-state index in [1.807, 2.05) is 25.1 Å². The van der Waals surface area contributed by atoms with Crippen LogP contribution in [0.5, 0.6) is 5.75 Å². The van der Waals surface area contributed by atoms with Gasteiger partial charge in [0.2, 0.25) is 0 Å². The van der Waals surface area contributed by atoms with Gasteiger partial charge in [-0.3, -0.25) is 4.79 Å². The van der Waals surface area contributed by atoms with Crippen molar-refractivity contribution in [1.29, 1.82) is 0 Å². The first kappa shape index (κ1) is 13.9. The van der Waals surface area contributed by atoms with Crippen LogP contribution >= 0.6 is 15.9 Å². The van der Waals surface area contributed by atoms with Crippen LogP contribution in [0.25, 0.3) is 11.0 Å². The predicted octanol–water partition coefficient (Wildman–Crippen LogP) is 4.74. The van der Waals surface area contributed by atoms with E-state index < -0.39 is 0 Å². The Hall–Kier alpha value is -2.07. The van der Waals surface area contributed by atoms with Crippen LogP contribution in [0.15, 0.2) is 51.4 Å². The largest absolute Gasteiger partial charge is 0.497 e. The van der Waals surface area contributed by atoms with Gasteiger partial charge in [-0.15, -0.1) is 0 Å². The summed E-state index contributed by atoms with van der Waals surface area (Å²) >= 11 is 3.43. The molecule has 0 aliphatic carbocycles. The number of methoxy groups -OCH3 is 1. The number of halogens is 1. The minimum atomic E-state index is -0.0491. The molecule has 0 spiro atoms. The molecule has 0 bridgehead atoms. The zero-order valence-electron chi connectivity index (χ0n) is 11.6. The van der Waals surface area contributed by atoms with Crippen molar-refractivity contribution >= 4 is 32.7 Å². The van der Waals surface area contributed by atoms with Gasteiger partial charge in [-0.1, -0.05) is 15.9 Å². The Labute approximate surface area is 130 Å². The third-order valence-electron chi connectivity index (χ3n) is 3.41. The van der Waals surface area contributed by atoms with Gasteiger partial charge >= 0.3 is 0 Å². The summed E-state index contributed by atoms with van der Waals surface area (Å²) in [5.74, 6) is 1.30. The normalized spacial score (nSPS) is 10.8. The highest BCUT2D eigenvalue weighted by Crippen LogP contribution is 2.30. The van der Waals surface area contributed by atoms with Gasteiger partial charge < -0.3 is 9.15 Å². The Morgan fingerprint density at radius 1 is 1.14 bits per heavy atom. The van der Waals surface area contributed by atoms with Crippen LogP contribution in [0.4, 0.5) is 0 Å². The molecule has 106 valence electrons. The maximum Gasteiger partial charge on any atom is 0.197 e. The van der Waals surface area contributed by atoms with Gasteiger partial charge in [0.25, 0.3) is 0 Å². The fraction of sp³-hybridized carbons (Fsp3) is 0.118. The van der Waals surface area contributed by atoms with Gasteiger partial charge in [0, 0.05) is 15.4 Å². The number of carbonyl (C=O) groups is 1. The number of carbonyl (C=O) groups excluding carboxylic acids is 1. The Balaban J connectivity index is 2.12. The first-order valence-corrected chi connectivity index (χ1v) is 7.27. The molecular weight excluding hydrogens is 332 g/mol. The summed E-state index contributed by atoms with van der Waals surface area (Å²) in [6.45, 7) is 1.81. The summed E-state index contributed by atoms with van der Waals surface area (Å²) < 4.78 is 11.7. The van der Waals surface area contributed by atoms with E-state index in [0.29, 0.717) is 22.5 Å². The van der Waals surface area contributed by atoms with Crippen molar-refractivity contribution in [3.63, 3.8) is 0 Å². The van der Waals surface area contributed by atoms with E-state index >= 15 is 0 Å². The van der Waals surface area contributed by atoms with Gasteiger partial charge in [-0.05, 0) is 49.4 Å². The van der Waals surface area contributed by atoms with Gasteiger partial charge in [0.1, 0.15) is 17.1 Å². The highest BCUT2D eigenvalue weighted by molar-refractivity contribution is 9.10. The molecule has 21 heavy (non-hydrogen) atoms. The molecule has 0 unspecified atom stereocenters. The maximum atomic E-state index is 12.7. The molecule has 0 N–H and O–H groups in total. The first-order valence-electron chi connectivity index (χ1n) is 6.47. The Morgan fingerprint density at radius 3 is 2.52 bits per heavy atom. The van der Waals surface area contributed by atoms with Gasteiger partial charge in [-0.25, -0.2) is 0 Å². The molecule has 1 aromatic heterocycles. The van der Waals surface area contributed by atoms with Gasteiger partial charge in [-0.2, -0.15) is 0 Å². The first-order chi connectivity index (χ1) is 10.1. The SMILES string of the molecule is COc1ccc(C(=O)c2c(C)oc3ccc(Br)cc23)cc1. The Bertz CT molecular complexity index is 816. The van der Waals surface area contributed by atoms with Crippen LogP contribution in [0.3, 0.4) is 0 Å². The highest BCUT2D eigenvalue weighted by atomic mass is 79.9. The predicted molar refractivity (Wildman–Crippen MR) is 85.1 cm³/mol. The number of rotatable bonds is 3. The topological polar surface area (TPSA) is 39.4 Å². The molecule has 4 heteroatoms. The standard InChI is InChI=1S/C17H13BrO3/c1-10-16(14-9-12(18)5-8-15(14)21-10)17(19)11-3-6-13(20-2)7-4-11/h3-9H,1-2H3. The lowest BCUT2D eigenvalue weighted by Gasteiger charge is -2.03. The van der Waals surface area contributed by atoms with Crippen LogP contribution < -0.4 is 4.74 Å². The molecule has 1 heterocycles. The zero-order valence-corrected chi connectivity index (χ0v) is 13.2. The number of hydrogen-bond donors (Lipinski definition) is 0. The monoisotopic (exact) mass is 344 g/mol. The molecule has 0 fully saturated rings. The molecule has 3 nitrogen and oxygen atoms in total. The van der Waals surface area contributed by atoms with Crippen molar-refractivity contribution in [3.05, 3.63) is 63.8 Å². The average molecular weight is 345 g/mol. The summed E-state index contributed by atoms with van der Waals surface area (Å²) in [6, 6.07) is 12.7. The van der Waals surface area contributed by atoms with E-state index in [0.717, 1.165) is 15.6 Å². The molecule has 0 saturated heterocycles. The molecule has 2 aromatic carbocycles. The quantitative estimate of drug-likeness (QED) is 0.644. The van der Waals surface area contributed by atoms with Crippen LogP contribution in [-0.2, 0) is 0 Å². The number of ether oxygens (including phenoxy) is 1. The summed E-state index contributed by atoms with van der Waals surface area (Å²) in [6.07, 6.45) is 0. The van der Waals surface area contributed by atoms with Crippen molar-refractivity contribution in [3.8, 4) is 5.75 Å². The van der Waals surface area contributed by atoms with E-state index in [9.17, 15) is 4.79 Å². The highest BCUT2D eigenvalue weighted by Gasteiger charge is 2.19. The van der Waals surface area contributed by atoms with E-state index in [2.05, 4.69) is 15.9 Å².